The molecule has 0 spiro atoms. The number of aromatic nitrogens is 4. The second-order valence-corrected chi connectivity index (χ2v) is 5.22. The van der Waals surface area contributed by atoms with Crippen molar-refractivity contribution in [2.45, 2.75) is 18.9 Å². The van der Waals surface area contributed by atoms with Gasteiger partial charge in [-0.2, -0.15) is 4.98 Å². The minimum absolute atomic E-state index is 0.189. The van der Waals surface area contributed by atoms with Crippen LogP contribution in [0, 0.1) is 0 Å². The van der Waals surface area contributed by atoms with Gasteiger partial charge in [-0.15, -0.1) is 5.10 Å². The maximum Gasteiger partial charge on any atom is 0.336 e. The molecule has 0 bridgehead atoms. The van der Waals surface area contributed by atoms with Crippen molar-refractivity contribution in [1.29, 1.82) is 0 Å². The molecular formula is C11H12BrN5O2. The Balaban J connectivity index is 1.79. The molecule has 3 rings (SSSR count). The highest BCUT2D eigenvalue weighted by atomic mass is 79.9. The summed E-state index contributed by atoms with van der Waals surface area (Å²) in [6.45, 7) is 0. The second-order valence-electron chi connectivity index (χ2n) is 4.31. The number of hydrogen-bond donors (Lipinski definition) is 2. The maximum absolute atomic E-state index is 12.2. The van der Waals surface area contributed by atoms with Crippen molar-refractivity contribution in [3.8, 4) is 6.01 Å². The van der Waals surface area contributed by atoms with Gasteiger partial charge < -0.3 is 9.30 Å². The zero-order valence-electron chi connectivity index (χ0n) is 10.2. The highest BCUT2D eigenvalue weighted by Gasteiger charge is 2.28. The third kappa shape index (κ3) is 2.48. The van der Waals surface area contributed by atoms with E-state index in [0.717, 1.165) is 17.3 Å². The Morgan fingerprint density at radius 3 is 3.05 bits per heavy atom. The van der Waals surface area contributed by atoms with Gasteiger partial charge in [0.25, 0.3) is 5.91 Å². The van der Waals surface area contributed by atoms with Crippen LogP contribution < -0.4 is 10.1 Å². The fraction of sp³-hybridized carbons (Fsp3) is 0.364. The zero-order chi connectivity index (χ0) is 13.4. The number of halogens is 1. The summed E-state index contributed by atoms with van der Waals surface area (Å²) in [5.41, 5.74) is 0.602. The van der Waals surface area contributed by atoms with Crippen molar-refractivity contribution in [2.24, 2.45) is 0 Å². The lowest BCUT2D eigenvalue weighted by molar-refractivity contribution is 0.101. The number of aromatic amines is 1. The van der Waals surface area contributed by atoms with E-state index < -0.39 is 0 Å². The standard InChI is InChI=1S/C11H12BrN5O2/c1-19-11-14-10(15-16-11)13-9(18)8-4-6(12)5-17(8)7-2-3-7/h4-5,7H,2-3H2,1H3,(H2,13,14,15,16,18). The Labute approximate surface area is 117 Å². The topological polar surface area (TPSA) is 84.8 Å². The average molecular weight is 326 g/mol. The molecule has 0 atom stereocenters. The molecule has 0 saturated heterocycles. The van der Waals surface area contributed by atoms with Crippen LogP contribution in [0.4, 0.5) is 5.95 Å². The SMILES string of the molecule is COc1n[nH]c(NC(=O)c2cc(Br)cn2C2CC2)n1. The molecule has 0 aliphatic heterocycles. The number of H-pyrrole nitrogens is 1. The van der Waals surface area contributed by atoms with Gasteiger partial charge >= 0.3 is 6.01 Å². The van der Waals surface area contributed by atoms with Crippen molar-refractivity contribution in [2.75, 3.05) is 12.4 Å². The highest BCUT2D eigenvalue weighted by Crippen LogP contribution is 2.37. The van der Waals surface area contributed by atoms with Crippen LogP contribution in [0.25, 0.3) is 0 Å². The van der Waals surface area contributed by atoms with Crippen LogP contribution in [0.2, 0.25) is 0 Å². The van der Waals surface area contributed by atoms with E-state index in [1.807, 2.05) is 10.8 Å². The van der Waals surface area contributed by atoms with Crippen molar-refractivity contribution < 1.29 is 9.53 Å². The van der Waals surface area contributed by atoms with E-state index >= 15 is 0 Å². The normalized spacial score (nSPS) is 14.4. The summed E-state index contributed by atoms with van der Waals surface area (Å²) in [6, 6.07) is 2.41. The lowest BCUT2D eigenvalue weighted by atomic mass is 10.4. The van der Waals surface area contributed by atoms with Crippen molar-refractivity contribution in [3.63, 3.8) is 0 Å². The molecule has 1 saturated carbocycles. The molecule has 100 valence electrons. The molecule has 1 fully saturated rings. The summed E-state index contributed by atoms with van der Waals surface area (Å²) < 4.78 is 7.71. The molecule has 2 aromatic rings. The Hall–Kier alpha value is -1.83. The van der Waals surface area contributed by atoms with E-state index in [-0.39, 0.29) is 17.9 Å². The molecule has 2 N–H and O–H groups in total. The summed E-state index contributed by atoms with van der Waals surface area (Å²) in [7, 11) is 1.46. The molecule has 2 heterocycles. The minimum atomic E-state index is -0.226. The summed E-state index contributed by atoms with van der Waals surface area (Å²) in [6.07, 6.45) is 4.14. The number of carbonyl (C=O) groups is 1. The van der Waals surface area contributed by atoms with Gasteiger partial charge in [-0.3, -0.25) is 10.1 Å². The number of rotatable bonds is 4. The predicted molar refractivity (Wildman–Crippen MR) is 71.3 cm³/mol. The highest BCUT2D eigenvalue weighted by molar-refractivity contribution is 9.10. The Bertz CT molecular complexity index is 616. The summed E-state index contributed by atoms with van der Waals surface area (Å²) in [5.74, 6) is 0.0397. The van der Waals surface area contributed by atoms with Crippen LogP contribution in [0.5, 0.6) is 6.01 Å². The molecule has 0 aromatic carbocycles. The van der Waals surface area contributed by atoms with Crippen LogP contribution in [0.15, 0.2) is 16.7 Å². The molecule has 7 nitrogen and oxygen atoms in total. The molecule has 8 heteroatoms. The van der Waals surface area contributed by atoms with Crippen molar-refractivity contribution in [3.05, 3.63) is 22.4 Å². The van der Waals surface area contributed by atoms with E-state index in [1.54, 1.807) is 6.07 Å². The number of ether oxygens (including phenoxy) is 1. The van der Waals surface area contributed by atoms with E-state index in [2.05, 4.69) is 36.4 Å². The first kappa shape index (κ1) is 12.2. The molecule has 1 aliphatic rings. The molecule has 0 radical (unpaired) electrons. The van der Waals surface area contributed by atoms with Gasteiger partial charge in [0, 0.05) is 16.7 Å². The largest absolute Gasteiger partial charge is 0.466 e. The number of nitrogens with one attached hydrogen (secondary N) is 2. The van der Waals surface area contributed by atoms with Crippen LogP contribution in [-0.4, -0.2) is 32.8 Å². The van der Waals surface area contributed by atoms with Crippen LogP contribution in [0.3, 0.4) is 0 Å². The molecule has 1 aliphatic carbocycles. The predicted octanol–water partition coefficient (Wildman–Crippen LogP) is 1.96. The number of anilines is 1. The van der Waals surface area contributed by atoms with Gasteiger partial charge in [0.15, 0.2) is 0 Å². The summed E-state index contributed by atoms with van der Waals surface area (Å²) in [4.78, 5) is 16.1. The van der Waals surface area contributed by atoms with Gasteiger partial charge in [-0.25, -0.2) is 5.10 Å². The third-order valence-corrected chi connectivity index (χ3v) is 3.30. The van der Waals surface area contributed by atoms with Crippen LogP contribution >= 0.6 is 15.9 Å². The number of nitrogens with zero attached hydrogens (tertiary/aromatic N) is 3. The number of amides is 1. The van der Waals surface area contributed by atoms with Crippen LogP contribution in [-0.2, 0) is 0 Å². The third-order valence-electron chi connectivity index (χ3n) is 2.87. The fourth-order valence-corrected chi connectivity index (χ4v) is 2.29. The van der Waals surface area contributed by atoms with E-state index in [4.69, 9.17) is 4.74 Å². The zero-order valence-corrected chi connectivity index (χ0v) is 11.8. The lowest BCUT2D eigenvalue weighted by Gasteiger charge is -2.06. The second kappa shape index (κ2) is 4.69. The smallest absolute Gasteiger partial charge is 0.336 e. The molecule has 1 amide bonds. The first-order valence-electron chi connectivity index (χ1n) is 5.82. The first-order chi connectivity index (χ1) is 9.17. The molecule has 0 unspecified atom stereocenters. The van der Waals surface area contributed by atoms with Gasteiger partial charge in [0.05, 0.1) is 7.11 Å². The van der Waals surface area contributed by atoms with Gasteiger partial charge in [-0.05, 0) is 34.8 Å². The maximum atomic E-state index is 12.2. The van der Waals surface area contributed by atoms with E-state index in [9.17, 15) is 4.79 Å². The summed E-state index contributed by atoms with van der Waals surface area (Å²) in [5, 5.41) is 9.02. The van der Waals surface area contributed by atoms with Crippen molar-refractivity contribution in [1.82, 2.24) is 19.7 Å². The summed E-state index contributed by atoms with van der Waals surface area (Å²) >= 11 is 3.39. The Morgan fingerprint density at radius 2 is 2.42 bits per heavy atom. The molecule has 2 aromatic heterocycles. The molecular weight excluding hydrogens is 314 g/mol. The van der Waals surface area contributed by atoms with E-state index in [1.165, 1.54) is 7.11 Å². The molecule has 19 heavy (non-hydrogen) atoms. The monoisotopic (exact) mass is 325 g/mol. The fourth-order valence-electron chi connectivity index (χ4n) is 1.85. The van der Waals surface area contributed by atoms with Crippen LogP contribution in [0.1, 0.15) is 29.4 Å². The average Bonchev–Trinajstić information content (AvgIpc) is 3.01. The van der Waals surface area contributed by atoms with Gasteiger partial charge in [0.2, 0.25) is 5.95 Å². The number of methoxy groups -OCH3 is 1. The van der Waals surface area contributed by atoms with Gasteiger partial charge in [-0.1, -0.05) is 0 Å². The Kier molecular flexibility index (Phi) is 3.02. The van der Waals surface area contributed by atoms with E-state index in [0.29, 0.717) is 11.7 Å². The Morgan fingerprint density at radius 1 is 1.63 bits per heavy atom. The quantitative estimate of drug-likeness (QED) is 0.899. The first-order valence-corrected chi connectivity index (χ1v) is 6.62. The van der Waals surface area contributed by atoms with Gasteiger partial charge in [0.1, 0.15) is 5.69 Å². The number of hydrogen-bond acceptors (Lipinski definition) is 4. The number of carbonyl (C=O) groups excluding carboxylic acids is 1. The van der Waals surface area contributed by atoms with Crippen molar-refractivity contribution >= 4 is 27.8 Å². The lowest BCUT2D eigenvalue weighted by Crippen LogP contribution is -2.17. The minimum Gasteiger partial charge on any atom is -0.466 e.